The van der Waals surface area contributed by atoms with E-state index >= 15 is 0 Å². The lowest BCUT2D eigenvalue weighted by Gasteiger charge is -2.34. The van der Waals surface area contributed by atoms with Gasteiger partial charge in [-0.1, -0.05) is 25.2 Å². The quantitative estimate of drug-likeness (QED) is 0.919. The van der Waals surface area contributed by atoms with E-state index in [2.05, 4.69) is 29.4 Å². The van der Waals surface area contributed by atoms with Crippen LogP contribution in [0.5, 0.6) is 0 Å². The molecule has 5 nitrogen and oxygen atoms in total. The van der Waals surface area contributed by atoms with Crippen LogP contribution < -0.4 is 5.32 Å². The molecule has 3 heterocycles. The minimum Gasteiger partial charge on any atom is -0.316 e. The first kappa shape index (κ1) is 12.0. The number of hydrogen-bond donors (Lipinski definition) is 1. The molecule has 1 atom stereocenters. The van der Waals surface area contributed by atoms with Gasteiger partial charge in [0, 0.05) is 18.4 Å². The minimum atomic E-state index is 0.203. The van der Waals surface area contributed by atoms with Gasteiger partial charge >= 0.3 is 0 Å². The molecule has 1 unspecified atom stereocenters. The average molecular weight is 265 g/mol. The van der Waals surface area contributed by atoms with E-state index in [4.69, 9.17) is 5.10 Å². The maximum absolute atomic E-state index is 4.78. The molecule has 3 rings (SSSR count). The topological polar surface area (TPSA) is 55.1 Å². The van der Waals surface area contributed by atoms with Gasteiger partial charge in [-0.15, -0.1) is 10.2 Å². The zero-order valence-electron chi connectivity index (χ0n) is 10.9. The van der Waals surface area contributed by atoms with E-state index in [0.29, 0.717) is 0 Å². The maximum Gasteiger partial charge on any atom is 0.234 e. The fraction of sp³-hybridized carbons (Fsp3) is 0.750. The fourth-order valence-electron chi connectivity index (χ4n) is 2.70. The van der Waals surface area contributed by atoms with Crippen molar-refractivity contribution in [2.45, 2.75) is 44.9 Å². The standard InChI is InChI=1S/C12H19N5S/c1-3-9-14-15-11-17(9)16-10(18-11)12(4-2)6-5-7-13-8-12/h13H,3-8H2,1-2H3. The van der Waals surface area contributed by atoms with Crippen LogP contribution in [-0.2, 0) is 11.8 Å². The predicted octanol–water partition coefficient (Wildman–Crippen LogP) is 1.78. The third kappa shape index (κ3) is 1.75. The van der Waals surface area contributed by atoms with Gasteiger partial charge in [-0.05, 0) is 25.8 Å². The summed E-state index contributed by atoms with van der Waals surface area (Å²) < 4.78 is 1.92. The van der Waals surface area contributed by atoms with Crippen molar-refractivity contribution in [2.75, 3.05) is 13.1 Å². The second kappa shape index (κ2) is 4.59. The highest BCUT2D eigenvalue weighted by molar-refractivity contribution is 7.16. The molecule has 1 N–H and O–H groups in total. The molecule has 0 bridgehead atoms. The van der Waals surface area contributed by atoms with Gasteiger partial charge in [0.2, 0.25) is 4.96 Å². The van der Waals surface area contributed by atoms with E-state index in [-0.39, 0.29) is 5.41 Å². The van der Waals surface area contributed by atoms with Crippen molar-refractivity contribution in [1.29, 1.82) is 0 Å². The van der Waals surface area contributed by atoms with Gasteiger partial charge in [-0.25, -0.2) is 0 Å². The van der Waals surface area contributed by atoms with Crippen molar-refractivity contribution in [3.8, 4) is 0 Å². The molecule has 1 aliphatic rings. The first-order chi connectivity index (χ1) is 8.79. The number of nitrogens with zero attached hydrogens (tertiary/aromatic N) is 4. The molecule has 1 aliphatic heterocycles. The van der Waals surface area contributed by atoms with E-state index in [0.717, 1.165) is 36.7 Å². The third-order valence-corrected chi connectivity index (χ3v) is 5.12. The number of aromatic nitrogens is 4. The van der Waals surface area contributed by atoms with E-state index in [9.17, 15) is 0 Å². The van der Waals surface area contributed by atoms with E-state index in [1.54, 1.807) is 11.3 Å². The molecule has 2 aromatic heterocycles. The van der Waals surface area contributed by atoms with Crippen molar-refractivity contribution in [1.82, 2.24) is 25.1 Å². The normalized spacial score (nSPS) is 24.8. The Morgan fingerprint density at radius 3 is 2.94 bits per heavy atom. The molecule has 1 saturated heterocycles. The smallest absolute Gasteiger partial charge is 0.234 e. The summed E-state index contributed by atoms with van der Waals surface area (Å²) in [7, 11) is 0. The molecule has 0 radical (unpaired) electrons. The molecule has 2 aromatic rings. The van der Waals surface area contributed by atoms with Crippen LogP contribution in [0, 0.1) is 0 Å². The van der Waals surface area contributed by atoms with Crippen LogP contribution in [-0.4, -0.2) is 32.9 Å². The van der Waals surface area contributed by atoms with Gasteiger partial charge in [0.15, 0.2) is 5.82 Å². The Morgan fingerprint density at radius 1 is 1.39 bits per heavy atom. The Bertz CT molecular complexity index is 538. The molecular formula is C12H19N5S. The van der Waals surface area contributed by atoms with Gasteiger partial charge in [-0.3, -0.25) is 0 Å². The maximum atomic E-state index is 4.78. The van der Waals surface area contributed by atoms with E-state index in [1.165, 1.54) is 17.8 Å². The van der Waals surface area contributed by atoms with Crippen molar-refractivity contribution in [3.05, 3.63) is 10.8 Å². The molecule has 18 heavy (non-hydrogen) atoms. The first-order valence-electron chi connectivity index (χ1n) is 6.71. The molecule has 0 amide bonds. The largest absolute Gasteiger partial charge is 0.316 e. The van der Waals surface area contributed by atoms with Crippen LogP contribution in [0.4, 0.5) is 0 Å². The first-order valence-corrected chi connectivity index (χ1v) is 7.53. The lowest BCUT2D eigenvalue weighted by molar-refractivity contribution is 0.299. The predicted molar refractivity (Wildman–Crippen MR) is 72.1 cm³/mol. The Morgan fingerprint density at radius 2 is 2.28 bits per heavy atom. The Labute approximate surface area is 111 Å². The zero-order valence-corrected chi connectivity index (χ0v) is 11.8. The highest BCUT2D eigenvalue weighted by Gasteiger charge is 2.36. The zero-order chi connectivity index (χ0) is 12.6. The van der Waals surface area contributed by atoms with E-state index < -0.39 is 0 Å². The fourth-order valence-corrected chi connectivity index (χ4v) is 3.84. The molecule has 0 aromatic carbocycles. The molecular weight excluding hydrogens is 246 g/mol. The second-order valence-electron chi connectivity index (χ2n) is 4.99. The highest BCUT2D eigenvalue weighted by Crippen LogP contribution is 2.36. The molecule has 6 heteroatoms. The van der Waals surface area contributed by atoms with Crippen LogP contribution in [0.2, 0.25) is 0 Å². The van der Waals surface area contributed by atoms with E-state index in [1.807, 2.05) is 4.52 Å². The van der Waals surface area contributed by atoms with Crippen LogP contribution >= 0.6 is 11.3 Å². The molecule has 0 spiro atoms. The van der Waals surface area contributed by atoms with Crippen LogP contribution in [0.1, 0.15) is 43.9 Å². The van der Waals surface area contributed by atoms with Crippen molar-refractivity contribution in [2.24, 2.45) is 0 Å². The van der Waals surface area contributed by atoms with Crippen molar-refractivity contribution in [3.63, 3.8) is 0 Å². The van der Waals surface area contributed by atoms with Gasteiger partial charge in [-0.2, -0.15) is 9.61 Å². The van der Waals surface area contributed by atoms with Gasteiger partial charge in [0.05, 0.1) is 0 Å². The third-order valence-electron chi connectivity index (χ3n) is 3.97. The Kier molecular flexibility index (Phi) is 3.07. The lowest BCUT2D eigenvalue weighted by Crippen LogP contribution is -2.43. The Balaban J connectivity index is 2.04. The lowest BCUT2D eigenvalue weighted by atomic mass is 9.79. The number of hydrogen-bond acceptors (Lipinski definition) is 5. The molecule has 0 aliphatic carbocycles. The van der Waals surface area contributed by atoms with Crippen molar-refractivity contribution < 1.29 is 0 Å². The summed E-state index contributed by atoms with van der Waals surface area (Å²) in [5, 5.41) is 17.9. The number of aryl methyl sites for hydroxylation is 1. The summed E-state index contributed by atoms with van der Waals surface area (Å²) in [4.78, 5) is 0.931. The highest BCUT2D eigenvalue weighted by atomic mass is 32.1. The monoisotopic (exact) mass is 265 g/mol. The average Bonchev–Trinajstić information content (AvgIpc) is 2.99. The SMILES string of the molecule is CCc1nnc2sc(C3(CC)CCCNC3)nn12. The van der Waals surface area contributed by atoms with Crippen molar-refractivity contribution >= 4 is 16.3 Å². The molecule has 98 valence electrons. The summed E-state index contributed by atoms with van der Waals surface area (Å²) in [6.07, 6.45) is 4.46. The number of fused-ring (bicyclic) bond motifs is 1. The van der Waals surface area contributed by atoms with Crippen LogP contribution in [0.15, 0.2) is 0 Å². The summed E-state index contributed by atoms with van der Waals surface area (Å²) in [6, 6.07) is 0. The van der Waals surface area contributed by atoms with Gasteiger partial charge in [0.25, 0.3) is 0 Å². The summed E-state index contributed by atoms with van der Waals surface area (Å²) in [6.45, 7) is 6.52. The number of rotatable bonds is 3. The Hall–Kier alpha value is -1.01. The molecule has 1 fully saturated rings. The number of nitrogens with one attached hydrogen (secondary N) is 1. The van der Waals surface area contributed by atoms with Crippen LogP contribution in [0.25, 0.3) is 4.96 Å². The summed E-state index contributed by atoms with van der Waals surface area (Å²) in [5.41, 5.74) is 0.203. The summed E-state index contributed by atoms with van der Waals surface area (Å²) >= 11 is 1.70. The molecule has 0 saturated carbocycles. The van der Waals surface area contributed by atoms with Gasteiger partial charge in [0.1, 0.15) is 5.01 Å². The van der Waals surface area contributed by atoms with Gasteiger partial charge < -0.3 is 5.32 Å². The van der Waals surface area contributed by atoms with Crippen LogP contribution in [0.3, 0.4) is 0 Å². The second-order valence-corrected chi connectivity index (χ2v) is 5.94. The summed E-state index contributed by atoms with van der Waals surface area (Å²) in [5.74, 6) is 0.961. The minimum absolute atomic E-state index is 0.203. The number of piperidine rings is 1.